The van der Waals surface area contributed by atoms with Crippen LogP contribution < -0.4 is 16.6 Å². The van der Waals surface area contributed by atoms with Gasteiger partial charge in [-0.15, -0.1) is 0 Å². The number of halogens is 2. The van der Waals surface area contributed by atoms with E-state index in [9.17, 15) is 14.4 Å². The number of hydrogen-bond acceptors (Lipinski definition) is 3. The Morgan fingerprint density at radius 3 is 2.30 bits per heavy atom. The van der Waals surface area contributed by atoms with Crippen LogP contribution >= 0.6 is 23.2 Å². The molecule has 0 aliphatic rings. The van der Waals surface area contributed by atoms with Crippen LogP contribution in [0.25, 0.3) is 16.6 Å². The number of nitrogens with zero attached hydrogens (tertiary/aromatic N) is 2. The second-order valence-electron chi connectivity index (χ2n) is 6.56. The second-order valence-corrected chi connectivity index (χ2v) is 7.44. The van der Waals surface area contributed by atoms with Crippen LogP contribution in [0.4, 0.5) is 5.69 Å². The summed E-state index contributed by atoms with van der Waals surface area (Å²) in [6, 6.07) is 19.8. The highest BCUT2D eigenvalue weighted by Gasteiger charge is 2.16. The molecule has 1 aromatic heterocycles. The molecule has 1 amide bonds. The first-order valence-electron chi connectivity index (χ1n) is 9.00. The van der Waals surface area contributed by atoms with E-state index in [0.717, 1.165) is 4.57 Å². The number of anilines is 1. The molecule has 0 saturated heterocycles. The fourth-order valence-electron chi connectivity index (χ4n) is 3.23. The molecule has 0 bridgehead atoms. The van der Waals surface area contributed by atoms with E-state index in [1.165, 1.54) is 10.6 Å². The minimum Gasteiger partial charge on any atom is -0.324 e. The molecule has 4 rings (SSSR count). The lowest BCUT2D eigenvalue weighted by Crippen LogP contribution is -2.40. The zero-order valence-corrected chi connectivity index (χ0v) is 17.0. The van der Waals surface area contributed by atoms with Gasteiger partial charge in [0, 0.05) is 15.7 Å². The molecule has 3 aromatic carbocycles. The first kappa shape index (κ1) is 19.9. The molecule has 8 heteroatoms. The number of carbonyl (C=O) groups excluding carboxylic acids is 1. The van der Waals surface area contributed by atoms with E-state index in [2.05, 4.69) is 5.32 Å². The number of carbonyl (C=O) groups is 1. The van der Waals surface area contributed by atoms with Gasteiger partial charge >= 0.3 is 5.69 Å². The Morgan fingerprint density at radius 1 is 0.867 bits per heavy atom. The van der Waals surface area contributed by atoms with Crippen LogP contribution in [-0.2, 0) is 11.3 Å². The minimum atomic E-state index is -0.637. The molecule has 0 radical (unpaired) electrons. The van der Waals surface area contributed by atoms with Crippen molar-refractivity contribution in [3.05, 3.63) is 104 Å². The topological polar surface area (TPSA) is 73.1 Å². The Morgan fingerprint density at radius 2 is 1.57 bits per heavy atom. The maximum absolute atomic E-state index is 13.2. The maximum Gasteiger partial charge on any atom is 0.336 e. The molecule has 0 unspecified atom stereocenters. The van der Waals surface area contributed by atoms with Crippen molar-refractivity contribution >= 4 is 45.7 Å². The highest BCUT2D eigenvalue weighted by molar-refractivity contribution is 6.31. The van der Waals surface area contributed by atoms with Crippen LogP contribution in [0.2, 0.25) is 10.0 Å². The molecule has 0 spiro atoms. The Labute approximate surface area is 180 Å². The molecule has 0 aliphatic carbocycles. The average Bonchev–Trinajstić information content (AvgIpc) is 2.71. The number of para-hydroxylation sites is 1. The van der Waals surface area contributed by atoms with Crippen molar-refractivity contribution in [2.75, 3.05) is 5.32 Å². The van der Waals surface area contributed by atoms with E-state index < -0.39 is 17.2 Å². The van der Waals surface area contributed by atoms with Gasteiger partial charge < -0.3 is 5.32 Å². The minimum absolute atomic E-state index is 0.285. The van der Waals surface area contributed by atoms with E-state index in [1.54, 1.807) is 66.7 Å². The Balaban J connectivity index is 1.84. The summed E-state index contributed by atoms with van der Waals surface area (Å²) in [5, 5.41) is 3.89. The monoisotopic (exact) mass is 439 g/mol. The van der Waals surface area contributed by atoms with Gasteiger partial charge in [0.05, 0.1) is 16.6 Å². The number of hydrogen-bond donors (Lipinski definition) is 1. The van der Waals surface area contributed by atoms with E-state index in [-0.39, 0.29) is 6.54 Å². The molecule has 1 N–H and O–H groups in total. The third kappa shape index (κ3) is 3.87. The van der Waals surface area contributed by atoms with Crippen molar-refractivity contribution in [1.82, 2.24) is 9.13 Å². The van der Waals surface area contributed by atoms with Gasteiger partial charge in [-0.3, -0.25) is 14.2 Å². The van der Waals surface area contributed by atoms with Crippen molar-refractivity contribution in [2.45, 2.75) is 6.54 Å². The Bertz CT molecular complexity index is 1390. The van der Waals surface area contributed by atoms with Crippen LogP contribution in [0.15, 0.2) is 82.4 Å². The summed E-state index contributed by atoms with van der Waals surface area (Å²) in [5.41, 5.74) is 0.0823. The first-order chi connectivity index (χ1) is 14.4. The summed E-state index contributed by atoms with van der Waals surface area (Å²) in [6.07, 6.45) is 0. The normalized spacial score (nSPS) is 10.9. The smallest absolute Gasteiger partial charge is 0.324 e. The van der Waals surface area contributed by atoms with Gasteiger partial charge in [0.25, 0.3) is 5.56 Å². The lowest BCUT2D eigenvalue weighted by molar-refractivity contribution is -0.116. The summed E-state index contributed by atoms with van der Waals surface area (Å²) < 4.78 is 2.28. The average molecular weight is 440 g/mol. The van der Waals surface area contributed by atoms with E-state index in [4.69, 9.17) is 23.2 Å². The van der Waals surface area contributed by atoms with Crippen molar-refractivity contribution in [3.8, 4) is 5.69 Å². The summed E-state index contributed by atoms with van der Waals surface area (Å²) in [5.74, 6) is -0.430. The van der Waals surface area contributed by atoms with Gasteiger partial charge in [0.1, 0.15) is 6.54 Å². The number of fused-ring (bicyclic) bond motifs is 1. The number of benzene rings is 3. The molecule has 4 aromatic rings. The van der Waals surface area contributed by atoms with Crippen LogP contribution in [0.5, 0.6) is 0 Å². The van der Waals surface area contributed by atoms with E-state index in [0.29, 0.717) is 32.3 Å². The molecule has 6 nitrogen and oxygen atoms in total. The van der Waals surface area contributed by atoms with Gasteiger partial charge in [0.15, 0.2) is 0 Å². The molecule has 1 heterocycles. The van der Waals surface area contributed by atoms with Crippen LogP contribution in [-0.4, -0.2) is 15.0 Å². The maximum atomic E-state index is 13.2. The third-order valence-electron chi connectivity index (χ3n) is 4.53. The first-order valence-corrected chi connectivity index (χ1v) is 9.75. The summed E-state index contributed by atoms with van der Waals surface area (Å²) in [7, 11) is 0. The predicted octanol–water partition coefficient (Wildman–Crippen LogP) is 4.10. The molecule has 30 heavy (non-hydrogen) atoms. The SMILES string of the molecule is O=C(Cn1c(=O)n(-c2cccc(Cl)c2)c(=O)c2ccccc21)Nc1cccc(Cl)c1. The van der Waals surface area contributed by atoms with Gasteiger partial charge in [-0.2, -0.15) is 0 Å². The van der Waals surface area contributed by atoms with Crippen molar-refractivity contribution < 1.29 is 4.79 Å². The van der Waals surface area contributed by atoms with E-state index in [1.807, 2.05) is 0 Å². The number of nitrogens with one attached hydrogen (secondary N) is 1. The fraction of sp³-hybridized carbons (Fsp3) is 0.0455. The molecular formula is C22H15Cl2N3O3. The molecule has 0 aliphatic heterocycles. The van der Waals surface area contributed by atoms with Gasteiger partial charge in [0.2, 0.25) is 5.91 Å². The molecule has 0 saturated carbocycles. The van der Waals surface area contributed by atoms with E-state index >= 15 is 0 Å². The predicted molar refractivity (Wildman–Crippen MR) is 119 cm³/mol. The molecule has 0 atom stereocenters. The molecular weight excluding hydrogens is 425 g/mol. The highest BCUT2D eigenvalue weighted by atomic mass is 35.5. The second kappa shape index (κ2) is 8.18. The highest BCUT2D eigenvalue weighted by Crippen LogP contribution is 2.16. The lowest BCUT2D eigenvalue weighted by atomic mass is 10.2. The Hall–Kier alpha value is -3.35. The zero-order valence-electron chi connectivity index (χ0n) is 15.5. The summed E-state index contributed by atoms with van der Waals surface area (Å²) >= 11 is 12.0. The van der Waals surface area contributed by atoms with Crippen LogP contribution in [0, 0.1) is 0 Å². The Kier molecular flexibility index (Phi) is 5.44. The summed E-state index contributed by atoms with van der Waals surface area (Å²) in [4.78, 5) is 38.9. The van der Waals surface area contributed by atoms with Crippen LogP contribution in [0.1, 0.15) is 0 Å². The standard InChI is InChI=1S/C22H15Cl2N3O3/c23-14-5-3-7-16(11-14)25-20(28)13-26-19-10-2-1-9-18(19)21(29)27(22(26)30)17-8-4-6-15(24)12-17/h1-12H,13H2,(H,25,28). The largest absolute Gasteiger partial charge is 0.336 e. The third-order valence-corrected chi connectivity index (χ3v) is 5.00. The molecule has 150 valence electrons. The van der Waals surface area contributed by atoms with Gasteiger partial charge in [-0.1, -0.05) is 47.5 Å². The van der Waals surface area contributed by atoms with Crippen molar-refractivity contribution in [3.63, 3.8) is 0 Å². The van der Waals surface area contributed by atoms with Gasteiger partial charge in [-0.25, -0.2) is 9.36 Å². The fourth-order valence-corrected chi connectivity index (χ4v) is 3.60. The van der Waals surface area contributed by atoms with Gasteiger partial charge in [-0.05, 0) is 48.5 Å². The summed E-state index contributed by atoms with van der Waals surface area (Å²) in [6.45, 7) is -0.285. The number of amides is 1. The zero-order chi connectivity index (χ0) is 21.3. The number of aromatic nitrogens is 2. The molecule has 0 fully saturated rings. The van der Waals surface area contributed by atoms with Crippen molar-refractivity contribution in [2.24, 2.45) is 0 Å². The number of rotatable bonds is 4. The van der Waals surface area contributed by atoms with Crippen molar-refractivity contribution in [1.29, 1.82) is 0 Å². The lowest BCUT2D eigenvalue weighted by Gasteiger charge is -2.14. The van der Waals surface area contributed by atoms with Crippen LogP contribution in [0.3, 0.4) is 0 Å². The quantitative estimate of drug-likeness (QED) is 0.520.